The molecule has 1 amide bonds. The first-order chi connectivity index (χ1) is 12.2. The Bertz CT molecular complexity index is 879. The predicted octanol–water partition coefficient (Wildman–Crippen LogP) is 2.67. The van der Waals surface area contributed by atoms with E-state index in [1.807, 2.05) is 0 Å². The van der Waals surface area contributed by atoms with Crippen LogP contribution in [0.15, 0.2) is 23.2 Å². The van der Waals surface area contributed by atoms with Gasteiger partial charge in [0, 0.05) is 22.6 Å². The van der Waals surface area contributed by atoms with Crippen LogP contribution in [0, 0.1) is 22.6 Å². The van der Waals surface area contributed by atoms with Crippen molar-refractivity contribution in [3.8, 4) is 0 Å². The molecule has 4 aliphatic rings. The summed E-state index contributed by atoms with van der Waals surface area (Å²) in [5.74, 6) is -1.52. The topological polar surface area (TPSA) is 76.7 Å². The van der Waals surface area contributed by atoms with Crippen molar-refractivity contribution in [1.82, 2.24) is 0 Å². The van der Waals surface area contributed by atoms with Crippen molar-refractivity contribution in [2.45, 2.75) is 31.0 Å². The minimum Gasteiger partial charge on any atom is -0.465 e. The highest BCUT2D eigenvalue weighted by molar-refractivity contribution is 5.98. The van der Waals surface area contributed by atoms with Gasteiger partial charge in [-0.05, 0) is 37.5 Å². The summed E-state index contributed by atoms with van der Waals surface area (Å²) in [6.07, 6.45) is -4.22. The van der Waals surface area contributed by atoms with Crippen LogP contribution in [0.2, 0.25) is 0 Å². The number of anilines is 1. The zero-order valence-electron chi connectivity index (χ0n) is 13.5. The van der Waals surface area contributed by atoms with Gasteiger partial charge < -0.3 is 15.8 Å². The summed E-state index contributed by atoms with van der Waals surface area (Å²) in [5, 5.41) is 2.30. The lowest BCUT2D eigenvalue weighted by atomic mass is 9.88. The van der Waals surface area contributed by atoms with E-state index in [1.165, 1.54) is 12.1 Å². The van der Waals surface area contributed by atoms with E-state index in [4.69, 9.17) is 10.5 Å². The van der Waals surface area contributed by atoms with Gasteiger partial charge in [0.1, 0.15) is 23.4 Å². The fourth-order valence-electron chi connectivity index (χ4n) is 4.44. The molecule has 26 heavy (non-hydrogen) atoms. The van der Waals surface area contributed by atoms with Crippen molar-refractivity contribution >= 4 is 17.6 Å². The molecule has 2 unspecified atom stereocenters. The fourth-order valence-corrected chi connectivity index (χ4v) is 4.44. The molecule has 3 atom stereocenters. The second kappa shape index (κ2) is 4.32. The first-order valence-electron chi connectivity index (χ1n) is 8.33. The van der Waals surface area contributed by atoms with Crippen molar-refractivity contribution in [2.24, 2.45) is 27.5 Å². The lowest BCUT2D eigenvalue weighted by Crippen LogP contribution is -2.37. The van der Waals surface area contributed by atoms with Crippen LogP contribution in [-0.2, 0) is 15.1 Å². The van der Waals surface area contributed by atoms with E-state index >= 15 is 0 Å². The monoisotopic (exact) mass is 369 g/mol. The number of alkyl halides is 3. The van der Waals surface area contributed by atoms with Crippen LogP contribution in [0.25, 0.3) is 0 Å². The number of aliphatic imine (C=N–C) groups is 1. The number of hydrogen-bond acceptors (Lipinski definition) is 4. The normalized spacial score (nSPS) is 35.4. The number of ether oxygens (including phenoxy) is 1. The molecule has 1 aliphatic heterocycles. The highest BCUT2D eigenvalue weighted by atomic mass is 19.4. The number of benzene rings is 1. The number of rotatable bonds is 3. The molecule has 1 aromatic rings. The van der Waals surface area contributed by atoms with Crippen LogP contribution in [0.3, 0.4) is 0 Å². The van der Waals surface area contributed by atoms with Crippen molar-refractivity contribution in [3.63, 3.8) is 0 Å². The number of carbonyl (C=O) groups is 1. The van der Waals surface area contributed by atoms with Crippen molar-refractivity contribution in [2.75, 3.05) is 11.9 Å². The first kappa shape index (κ1) is 15.9. The van der Waals surface area contributed by atoms with E-state index < -0.39 is 28.9 Å². The maximum Gasteiger partial charge on any atom is 0.403 e. The molecule has 0 saturated heterocycles. The fraction of sp³-hybridized carbons (Fsp3) is 0.529. The van der Waals surface area contributed by atoms with Gasteiger partial charge in [0.2, 0.25) is 5.91 Å². The maximum absolute atomic E-state index is 14.5. The average Bonchev–Trinajstić information content (AvgIpc) is 3.44. The van der Waals surface area contributed by atoms with E-state index in [9.17, 15) is 22.4 Å². The molecule has 1 spiro atoms. The molecule has 1 heterocycles. The highest BCUT2D eigenvalue weighted by Crippen LogP contribution is 2.89. The second-order valence-corrected chi connectivity index (χ2v) is 7.65. The molecule has 5 nitrogen and oxygen atoms in total. The Morgan fingerprint density at radius 3 is 2.69 bits per heavy atom. The molecule has 138 valence electrons. The third kappa shape index (κ3) is 1.71. The maximum atomic E-state index is 14.5. The van der Waals surface area contributed by atoms with Gasteiger partial charge in [0.25, 0.3) is 6.02 Å². The molecule has 1 aromatic carbocycles. The molecule has 0 bridgehead atoms. The Labute approximate surface area is 145 Å². The molecule has 3 fully saturated rings. The smallest absolute Gasteiger partial charge is 0.403 e. The Morgan fingerprint density at radius 1 is 1.35 bits per heavy atom. The molecular formula is C17H15F4N3O2. The Kier molecular flexibility index (Phi) is 2.64. The lowest BCUT2D eigenvalue weighted by Gasteiger charge is -2.29. The van der Waals surface area contributed by atoms with Gasteiger partial charge in [0.05, 0.1) is 0 Å². The largest absolute Gasteiger partial charge is 0.465 e. The molecule has 3 saturated carbocycles. The number of amides is 1. The highest BCUT2D eigenvalue weighted by Gasteiger charge is 2.92. The lowest BCUT2D eigenvalue weighted by molar-refractivity contribution is -0.189. The van der Waals surface area contributed by atoms with Crippen LogP contribution in [0.1, 0.15) is 24.8 Å². The summed E-state index contributed by atoms with van der Waals surface area (Å²) < 4.78 is 59.0. The standard InChI is InChI=1S/C17H15F4N3O2/c18-10-2-1-8(23-12(25)14(3-4-14)17(19,20)21)5-9(10)16-11-6-15(11,16)7-26-13(22)24-16/h1-2,5,11H,3-4,6-7H2,(H2,22,24)(H,23,25)/t11?,15?,16-/m0/s1. The Morgan fingerprint density at radius 2 is 2.08 bits per heavy atom. The molecule has 3 N–H and O–H groups in total. The quantitative estimate of drug-likeness (QED) is 0.805. The van der Waals surface area contributed by atoms with E-state index in [1.54, 1.807) is 0 Å². The predicted molar refractivity (Wildman–Crippen MR) is 82.5 cm³/mol. The van der Waals surface area contributed by atoms with Crippen LogP contribution < -0.4 is 11.1 Å². The van der Waals surface area contributed by atoms with E-state index in [2.05, 4.69) is 10.3 Å². The number of nitrogens with two attached hydrogens (primary N) is 1. The second-order valence-electron chi connectivity index (χ2n) is 7.65. The summed E-state index contributed by atoms with van der Waals surface area (Å²) in [7, 11) is 0. The first-order valence-corrected chi connectivity index (χ1v) is 8.33. The minimum absolute atomic E-state index is 0.0225. The van der Waals surface area contributed by atoms with E-state index in [-0.39, 0.29) is 41.4 Å². The number of fused-ring (bicyclic) bond motifs is 1. The van der Waals surface area contributed by atoms with E-state index in [0.717, 1.165) is 12.5 Å². The summed E-state index contributed by atoms with van der Waals surface area (Å²) in [6.45, 7) is 0.347. The summed E-state index contributed by atoms with van der Waals surface area (Å²) in [6, 6.07) is 3.74. The number of nitrogens with one attached hydrogen (secondary N) is 1. The van der Waals surface area contributed by atoms with Crippen LogP contribution in [0.4, 0.5) is 23.2 Å². The van der Waals surface area contributed by atoms with Crippen molar-refractivity contribution in [1.29, 1.82) is 0 Å². The van der Waals surface area contributed by atoms with Gasteiger partial charge in [-0.15, -0.1) is 0 Å². The zero-order valence-corrected chi connectivity index (χ0v) is 13.5. The average molecular weight is 369 g/mol. The van der Waals surface area contributed by atoms with Gasteiger partial charge in [-0.2, -0.15) is 13.2 Å². The molecule has 3 aliphatic carbocycles. The molecule has 0 aromatic heterocycles. The van der Waals surface area contributed by atoms with Gasteiger partial charge in [-0.1, -0.05) is 0 Å². The van der Waals surface area contributed by atoms with Crippen LogP contribution >= 0.6 is 0 Å². The van der Waals surface area contributed by atoms with E-state index in [0.29, 0.717) is 6.61 Å². The van der Waals surface area contributed by atoms with Gasteiger partial charge >= 0.3 is 6.18 Å². The molecular weight excluding hydrogens is 354 g/mol. The number of amidine groups is 1. The Balaban J connectivity index is 1.46. The zero-order chi connectivity index (χ0) is 18.5. The summed E-state index contributed by atoms with van der Waals surface area (Å²) >= 11 is 0. The molecule has 9 heteroatoms. The van der Waals surface area contributed by atoms with Crippen LogP contribution in [0.5, 0.6) is 0 Å². The number of hydrogen-bond donors (Lipinski definition) is 2. The summed E-state index contributed by atoms with van der Waals surface area (Å²) in [4.78, 5) is 16.4. The third-order valence-electron chi connectivity index (χ3n) is 6.38. The van der Waals surface area contributed by atoms with Gasteiger partial charge in [-0.25, -0.2) is 9.38 Å². The third-order valence-corrected chi connectivity index (χ3v) is 6.38. The SMILES string of the molecule is NC1=N[C@@]2(c3cc(NC(=O)C4(C(F)(F)F)CC4)ccc3F)C3CC32CO1. The summed E-state index contributed by atoms with van der Waals surface area (Å²) in [5.41, 5.74) is 2.59. The number of nitrogens with zero attached hydrogens (tertiary/aromatic N) is 1. The van der Waals surface area contributed by atoms with Crippen LogP contribution in [-0.4, -0.2) is 24.7 Å². The van der Waals surface area contributed by atoms with Crippen molar-refractivity contribution < 1.29 is 27.1 Å². The van der Waals surface area contributed by atoms with Gasteiger partial charge in [0.15, 0.2) is 0 Å². The molecule has 5 rings (SSSR count). The van der Waals surface area contributed by atoms with Crippen molar-refractivity contribution in [3.05, 3.63) is 29.6 Å². The molecule has 0 radical (unpaired) electrons. The number of halogens is 4. The number of carbonyl (C=O) groups excluding carboxylic acids is 1. The Hall–Kier alpha value is -2.32. The van der Waals surface area contributed by atoms with Gasteiger partial charge in [-0.3, -0.25) is 4.79 Å². The minimum atomic E-state index is -4.60.